The van der Waals surface area contributed by atoms with Crippen molar-refractivity contribution in [2.75, 3.05) is 31.3 Å². The van der Waals surface area contributed by atoms with E-state index in [9.17, 15) is 0 Å². The molecule has 1 fully saturated rings. The average molecular weight is 266 g/mol. The van der Waals surface area contributed by atoms with Crippen LogP contribution < -0.4 is 15.8 Å². The fourth-order valence-electron chi connectivity index (χ4n) is 2.31. The third-order valence-electron chi connectivity index (χ3n) is 3.34. The molecule has 19 heavy (non-hydrogen) atoms. The molecule has 0 amide bonds. The van der Waals surface area contributed by atoms with Crippen molar-refractivity contribution in [3.05, 3.63) is 6.33 Å². The smallest absolute Gasteiger partial charge is 0.242 e. The van der Waals surface area contributed by atoms with E-state index >= 15 is 0 Å². The van der Waals surface area contributed by atoms with E-state index < -0.39 is 0 Å². The van der Waals surface area contributed by atoms with Crippen molar-refractivity contribution in [1.29, 1.82) is 0 Å². The van der Waals surface area contributed by atoms with Gasteiger partial charge in [-0.2, -0.15) is 4.98 Å². The van der Waals surface area contributed by atoms with E-state index in [0.29, 0.717) is 36.6 Å². The number of rotatable bonds is 6. The summed E-state index contributed by atoms with van der Waals surface area (Å²) < 4.78 is 10.9. The zero-order valence-corrected chi connectivity index (χ0v) is 11.4. The molecule has 0 bridgehead atoms. The van der Waals surface area contributed by atoms with Gasteiger partial charge in [0.15, 0.2) is 5.82 Å². The van der Waals surface area contributed by atoms with Gasteiger partial charge in [-0.25, -0.2) is 4.98 Å². The first-order chi connectivity index (χ1) is 9.31. The summed E-state index contributed by atoms with van der Waals surface area (Å²) in [4.78, 5) is 8.02. The minimum atomic E-state index is 0.394. The number of hydrogen-bond donors (Lipinski definition) is 2. The Morgan fingerprint density at radius 1 is 1.32 bits per heavy atom. The molecule has 0 aliphatic heterocycles. The van der Waals surface area contributed by atoms with Crippen LogP contribution in [-0.4, -0.2) is 36.3 Å². The Balaban J connectivity index is 1.73. The van der Waals surface area contributed by atoms with Crippen LogP contribution in [0.2, 0.25) is 0 Å². The monoisotopic (exact) mass is 266 g/mol. The maximum absolute atomic E-state index is 5.87. The Bertz CT molecular complexity index is 394. The van der Waals surface area contributed by atoms with Gasteiger partial charge >= 0.3 is 0 Å². The van der Waals surface area contributed by atoms with Crippen LogP contribution in [0, 0.1) is 0 Å². The van der Waals surface area contributed by atoms with Crippen molar-refractivity contribution in [3.8, 4) is 5.88 Å². The van der Waals surface area contributed by atoms with Crippen molar-refractivity contribution in [1.82, 2.24) is 9.97 Å². The molecule has 0 radical (unpaired) electrons. The highest BCUT2D eigenvalue weighted by Crippen LogP contribution is 2.24. The fourth-order valence-corrected chi connectivity index (χ4v) is 2.31. The van der Waals surface area contributed by atoms with E-state index in [1.54, 1.807) is 0 Å². The van der Waals surface area contributed by atoms with Crippen LogP contribution >= 0.6 is 0 Å². The van der Waals surface area contributed by atoms with Gasteiger partial charge in [0.25, 0.3) is 0 Å². The first-order valence-corrected chi connectivity index (χ1v) is 6.81. The summed E-state index contributed by atoms with van der Waals surface area (Å²) in [6.45, 7) is 1.34. The van der Waals surface area contributed by atoms with Crippen molar-refractivity contribution in [3.63, 3.8) is 0 Å². The molecule has 1 aliphatic rings. The van der Waals surface area contributed by atoms with Gasteiger partial charge in [0.05, 0.1) is 19.8 Å². The van der Waals surface area contributed by atoms with Gasteiger partial charge in [0.1, 0.15) is 12.0 Å². The van der Waals surface area contributed by atoms with E-state index in [1.807, 2.05) is 0 Å². The van der Waals surface area contributed by atoms with E-state index in [0.717, 1.165) is 0 Å². The molecule has 0 saturated heterocycles. The van der Waals surface area contributed by atoms with E-state index in [2.05, 4.69) is 15.3 Å². The first kappa shape index (κ1) is 13.9. The van der Waals surface area contributed by atoms with Gasteiger partial charge in [0, 0.05) is 6.54 Å². The minimum absolute atomic E-state index is 0.394. The average Bonchev–Trinajstić information content (AvgIpc) is 2.46. The summed E-state index contributed by atoms with van der Waals surface area (Å²) in [5.41, 5.74) is 6.30. The second-order valence-electron chi connectivity index (χ2n) is 4.70. The van der Waals surface area contributed by atoms with Gasteiger partial charge in [0.2, 0.25) is 5.88 Å². The predicted molar refractivity (Wildman–Crippen MR) is 74.3 cm³/mol. The molecule has 0 spiro atoms. The van der Waals surface area contributed by atoms with Crippen molar-refractivity contribution >= 4 is 11.5 Å². The number of methoxy groups -OCH3 is 1. The zero-order chi connectivity index (χ0) is 13.5. The molecule has 1 aliphatic carbocycles. The Kier molecular flexibility index (Phi) is 5.20. The number of nitrogens with one attached hydrogen (secondary N) is 1. The molecule has 2 rings (SSSR count). The molecule has 1 aromatic rings. The second-order valence-corrected chi connectivity index (χ2v) is 4.70. The lowest BCUT2D eigenvalue weighted by Gasteiger charge is -2.22. The van der Waals surface area contributed by atoms with Gasteiger partial charge in [-0.05, 0) is 12.8 Å². The summed E-state index contributed by atoms with van der Waals surface area (Å²) in [6, 6.07) is 0. The molecular weight excluding hydrogens is 244 g/mol. The largest absolute Gasteiger partial charge is 0.479 e. The van der Waals surface area contributed by atoms with Gasteiger partial charge in [-0.15, -0.1) is 0 Å². The molecule has 0 unspecified atom stereocenters. The molecule has 1 saturated carbocycles. The van der Waals surface area contributed by atoms with Gasteiger partial charge in [-0.1, -0.05) is 19.3 Å². The van der Waals surface area contributed by atoms with Gasteiger partial charge < -0.3 is 20.5 Å². The molecule has 1 heterocycles. The van der Waals surface area contributed by atoms with E-state index in [4.69, 9.17) is 15.2 Å². The normalized spacial score (nSPS) is 16.3. The van der Waals surface area contributed by atoms with Gasteiger partial charge in [-0.3, -0.25) is 0 Å². The third kappa shape index (κ3) is 3.96. The Hall–Kier alpha value is -1.56. The summed E-state index contributed by atoms with van der Waals surface area (Å²) >= 11 is 0. The molecule has 0 aromatic carbocycles. The number of aromatic nitrogens is 2. The molecule has 1 aromatic heterocycles. The number of nitrogen functional groups attached to an aromatic ring is 1. The maximum Gasteiger partial charge on any atom is 0.242 e. The predicted octanol–water partition coefficient (Wildman–Crippen LogP) is 1.83. The van der Waals surface area contributed by atoms with Crippen LogP contribution in [0.3, 0.4) is 0 Å². The lowest BCUT2D eigenvalue weighted by Crippen LogP contribution is -2.21. The molecule has 6 heteroatoms. The van der Waals surface area contributed by atoms with Crippen molar-refractivity contribution < 1.29 is 9.47 Å². The zero-order valence-electron chi connectivity index (χ0n) is 11.4. The lowest BCUT2D eigenvalue weighted by atomic mass is 9.98. The number of ether oxygens (including phenoxy) is 2. The van der Waals surface area contributed by atoms with Crippen molar-refractivity contribution in [2.24, 2.45) is 0 Å². The second kappa shape index (κ2) is 7.13. The highest BCUT2D eigenvalue weighted by Gasteiger charge is 2.13. The summed E-state index contributed by atoms with van der Waals surface area (Å²) in [7, 11) is 1.54. The topological polar surface area (TPSA) is 82.3 Å². The minimum Gasteiger partial charge on any atom is -0.479 e. The SMILES string of the molecule is COc1ncnc(NCCOC2CCCCC2)c1N. The highest BCUT2D eigenvalue weighted by molar-refractivity contribution is 5.66. The number of anilines is 2. The lowest BCUT2D eigenvalue weighted by molar-refractivity contribution is 0.0347. The number of nitrogens with two attached hydrogens (primary N) is 1. The summed E-state index contributed by atoms with van der Waals surface area (Å²) in [5.74, 6) is 0.991. The first-order valence-electron chi connectivity index (χ1n) is 6.81. The summed E-state index contributed by atoms with van der Waals surface area (Å²) in [5, 5.41) is 3.15. The molecular formula is C13H22N4O2. The van der Waals surface area contributed by atoms with Crippen LogP contribution in [0.1, 0.15) is 32.1 Å². The quantitative estimate of drug-likeness (QED) is 0.764. The third-order valence-corrected chi connectivity index (χ3v) is 3.34. The van der Waals surface area contributed by atoms with E-state index in [-0.39, 0.29) is 0 Å². The van der Waals surface area contributed by atoms with Crippen LogP contribution in [-0.2, 0) is 4.74 Å². The standard InChI is InChI=1S/C13H22N4O2/c1-18-13-11(14)12(16-9-17-13)15-7-8-19-10-5-3-2-4-6-10/h9-10H,2-8,14H2,1H3,(H,15,16,17). The maximum atomic E-state index is 5.87. The van der Waals surface area contributed by atoms with Crippen LogP contribution in [0.25, 0.3) is 0 Å². The fraction of sp³-hybridized carbons (Fsp3) is 0.692. The van der Waals surface area contributed by atoms with Crippen LogP contribution in [0.4, 0.5) is 11.5 Å². The Labute approximate surface area is 113 Å². The molecule has 0 atom stereocenters. The summed E-state index contributed by atoms with van der Waals surface area (Å²) in [6.07, 6.45) is 8.14. The van der Waals surface area contributed by atoms with Crippen LogP contribution in [0.15, 0.2) is 6.33 Å². The molecule has 6 nitrogen and oxygen atoms in total. The number of nitrogens with zero attached hydrogens (tertiary/aromatic N) is 2. The Morgan fingerprint density at radius 2 is 2.11 bits per heavy atom. The Morgan fingerprint density at radius 3 is 2.84 bits per heavy atom. The van der Waals surface area contributed by atoms with Crippen LogP contribution in [0.5, 0.6) is 5.88 Å². The number of hydrogen-bond acceptors (Lipinski definition) is 6. The van der Waals surface area contributed by atoms with E-state index in [1.165, 1.54) is 45.5 Å². The molecule has 3 N–H and O–H groups in total. The van der Waals surface area contributed by atoms with Crippen molar-refractivity contribution in [2.45, 2.75) is 38.2 Å². The highest BCUT2D eigenvalue weighted by atomic mass is 16.5. The molecule has 106 valence electrons.